The molecule has 0 saturated heterocycles. The standard InChI is InChI=1S/C13H21N3S2/c1-10(2)16-13(4,9-14)6-5-7-17-12-15-11(3)8-18-12/h8,10,16H,5-7H2,1-4H3. The summed E-state index contributed by atoms with van der Waals surface area (Å²) in [6.07, 6.45) is 1.89. The van der Waals surface area contributed by atoms with Crippen LogP contribution in [0.1, 0.15) is 39.3 Å². The number of thiazole rings is 1. The minimum absolute atomic E-state index is 0.337. The average molecular weight is 283 g/mol. The minimum atomic E-state index is -0.409. The number of hydrogen-bond donors (Lipinski definition) is 1. The number of aromatic nitrogens is 1. The van der Waals surface area contributed by atoms with E-state index in [0.717, 1.165) is 28.6 Å². The summed E-state index contributed by atoms with van der Waals surface area (Å²) in [7, 11) is 0. The molecule has 1 N–H and O–H groups in total. The first-order chi connectivity index (χ1) is 8.45. The smallest absolute Gasteiger partial charge is 0.150 e. The Bertz CT molecular complexity index is 409. The van der Waals surface area contributed by atoms with Gasteiger partial charge in [-0.2, -0.15) is 5.26 Å². The van der Waals surface area contributed by atoms with Crippen molar-refractivity contribution < 1.29 is 0 Å². The first-order valence-electron chi connectivity index (χ1n) is 6.19. The molecule has 0 aliphatic rings. The molecule has 0 saturated carbocycles. The van der Waals surface area contributed by atoms with E-state index in [1.54, 1.807) is 23.1 Å². The summed E-state index contributed by atoms with van der Waals surface area (Å²) in [5, 5.41) is 14.6. The van der Waals surface area contributed by atoms with Gasteiger partial charge in [0.1, 0.15) is 9.88 Å². The molecule has 5 heteroatoms. The van der Waals surface area contributed by atoms with Crippen LogP contribution in [-0.2, 0) is 0 Å². The van der Waals surface area contributed by atoms with Crippen LogP contribution in [0.15, 0.2) is 9.72 Å². The molecule has 3 nitrogen and oxygen atoms in total. The van der Waals surface area contributed by atoms with E-state index in [2.05, 4.69) is 35.6 Å². The van der Waals surface area contributed by atoms with Crippen LogP contribution in [0, 0.1) is 18.3 Å². The van der Waals surface area contributed by atoms with Gasteiger partial charge in [0, 0.05) is 22.9 Å². The number of nitrogens with zero attached hydrogens (tertiary/aromatic N) is 2. The molecule has 18 heavy (non-hydrogen) atoms. The summed E-state index contributed by atoms with van der Waals surface area (Å²) in [4.78, 5) is 4.41. The Balaban J connectivity index is 2.30. The van der Waals surface area contributed by atoms with Crippen LogP contribution in [0.4, 0.5) is 0 Å². The molecule has 1 atom stereocenters. The molecular formula is C13H21N3S2. The highest BCUT2D eigenvalue weighted by Crippen LogP contribution is 2.24. The predicted molar refractivity (Wildman–Crippen MR) is 79.1 cm³/mol. The zero-order valence-corrected chi connectivity index (χ0v) is 13.1. The quantitative estimate of drug-likeness (QED) is 0.613. The molecule has 0 fully saturated rings. The van der Waals surface area contributed by atoms with E-state index in [9.17, 15) is 5.26 Å². The van der Waals surface area contributed by atoms with Gasteiger partial charge in [-0.3, -0.25) is 5.32 Å². The molecule has 1 unspecified atom stereocenters. The van der Waals surface area contributed by atoms with Crippen LogP contribution in [0.3, 0.4) is 0 Å². The van der Waals surface area contributed by atoms with Crippen molar-refractivity contribution in [2.45, 2.75) is 56.5 Å². The average Bonchev–Trinajstić information content (AvgIpc) is 2.70. The first kappa shape index (κ1) is 15.5. The highest BCUT2D eigenvalue weighted by atomic mass is 32.2. The van der Waals surface area contributed by atoms with Crippen molar-refractivity contribution in [2.75, 3.05) is 5.75 Å². The van der Waals surface area contributed by atoms with E-state index in [4.69, 9.17) is 0 Å². The molecule has 1 aromatic rings. The molecule has 0 aromatic carbocycles. The van der Waals surface area contributed by atoms with Gasteiger partial charge in [-0.05, 0) is 40.5 Å². The molecule has 100 valence electrons. The lowest BCUT2D eigenvalue weighted by atomic mass is 9.97. The number of hydrogen-bond acceptors (Lipinski definition) is 5. The van der Waals surface area contributed by atoms with Gasteiger partial charge in [-0.15, -0.1) is 11.3 Å². The van der Waals surface area contributed by atoms with Gasteiger partial charge in [-0.1, -0.05) is 11.8 Å². The highest BCUT2D eigenvalue weighted by Gasteiger charge is 2.23. The van der Waals surface area contributed by atoms with E-state index in [0.29, 0.717) is 6.04 Å². The summed E-state index contributed by atoms with van der Waals surface area (Å²) >= 11 is 3.48. The first-order valence-corrected chi connectivity index (χ1v) is 8.05. The lowest BCUT2D eigenvalue weighted by molar-refractivity contribution is 0.380. The number of nitriles is 1. The maximum atomic E-state index is 9.22. The molecule has 0 amide bonds. The van der Waals surface area contributed by atoms with Crippen molar-refractivity contribution in [2.24, 2.45) is 0 Å². The Kier molecular flexibility index (Phi) is 6.13. The van der Waals surface area contributed by atoms with Crippen LogP contribution in [0.2, 0.25) is 0 Å². The normalized spacial score (nSPS) is 14.4. The molecule has 1 heterocycles. The van der Waals surface area contributed by atoms with Crippen molar-refractivity contribution in [3.63, 3.8) is 0 Å². The van der Waals surface area contributed by atoms with Crippen LogP contribution in [-0.4, -0.2) is 22.3 Å². The Morgan fingerprint density at radius 3 is 2.83 bits per heavy atom. The monoisotopic (exact) mass is 283 g/mol. The third-order valence-corrected chi connectivity index (χ3v) is 4.72. The molecule has 1 rings (SSSR count). The fourth-order valence-electron chi connectivity index (χ4n) is 1.78. The van der Waals surface area contributed by atoms with Gasteiger partial charge in [0.15, 0.2) is 0 Å². The molecular weight excluding hydrogens is 262 g/mol. The van der Waals surface area contributed by atoms with Crippen molar-refractivity contribution in [1.82, 2.24) is 10.3 Å². The lowest BCUT2D eigenvalue weighted by Gasteiger charge is -2.25. The minimum Gasteiger partial charge on any atom is -0.297 e. The Labute approximate surface area is 118 Å². The second kappa shape index (κ2) is 7.13. The van der Waals surface area contributed by atoms with Crippen molar-refractivity contribution >= 4 is 23.1 Å². The van der Waals surface area contributed by atoms with Crippen molar-refractivity contribution in [3.8, 4) is 6.07 Å². The fraction of sp³-hybridized carbons (Fsp3) is 0.692. The van der Waals surface area contributed by atoms with Gasteiger partial charge in [-0.25, -0.2) is 4.98 Å². The van der Waals surface area contributed by atoms with E-state index in [-0.39, 0.29) is 0 Å². The van der Waals surface area contributed by atoms with Crippen LogP contribution >= 0.6 is 23.1 Å². The van der Waals surface area contributed by atoms with Crippen molar-refractivity contribution in [3.05, 3.63) is 11.1 Å². The Morgan fingerprint density at radius 1 is 1.61 bits per heavy atom. The third-order valence-electron chi connectivity index (χ3n) is 2.50. The molecule has 1 aromatic heterocycles. The van der Waals surface area contributed by atoms with Crippen LogP contribution in [0.5, 0.6) is 0 Å². The van der Waals surface area contributed by atoms with Crippen LogP contribution in [0.25, 0.3) is 0 Å². The molecule has 0 aliphatic carbocycles. The van der Waals surface area contributed by atoms with Crippen LogP contribution < -0.4 is 5.32 Å². The van der Waals surface area contributed by atoms with Gasteiger partial charge in [0.2, 0.25) is 0 Å². The molecule has 0 spiro atoms. The topological polar surface area (TPSA) is 48.7 Å². The van der Waals surface area contributed by atoms with E-state index in [1.165, 1.54) is 0 Å². The van der Waals surface area contributed by atoms with Gasteiger partial charge >= 0.3 is 0 Å². The second-order valence-electron chi connectivity index (χ2n) is 4.95. The van der Waals surface area contributed by atoms with Gasteiger partial charge in [0.25, 0.3) is 0 Å². The second-order valence-corrected chi connectivity index (χ2v) is 7.15. The van der Waals surface area contributed by atoms with Gasteiger partial charge in [0.05, 0.1) is 6.07 Å². The number of nitrogens with one attached hydrogen (secondary N) is 1. The van der Waals surface area contributed by atoms with Gasteiger partial charge < -0.3 is 0 Å². The number of thioether (sulfide) groups is 1. The fourth-order valence-corrected chi connectivity index (χ4v) is 3.64. The number of aryl methyl sites for hydroxylation is 1. The third kappa shape index (κ3) is 5.38. The Morgan fingerprint density at radius 2 is 2.33 bits per heavy atom. The largest absolute Gasteiger partial charge is 0.297 e. The van der Waals surface area contributed by atoms with Crippen molar-refractivity contribution in [1.29, 1.82) is 5.26 Å². The predicted octanol–water partition coefficient (Wildman–Crippen LogP) is 3.60. The summed E-state index contributed by atoms with van der Waals surface area (Å²) in [6.45, 7) is 8.14. The molecule has 0 radical (unpaired) electrons. The SMILES string of the molecule is Cc1csc(SCCCC(C)(C#N)NC(C)C)n1. The lowest BCUT2D eigenvalue weighted by Crippen LogP contribution is -2.44. The number of rotatable bonds is 7. The summed E-state index contributed by atoms with van der Waals surface area (Å²) in [5.74, 6) is 1.02. The van der Waals surface area contributed by atoms with E-state index in [1.807, 2.05) is 13.8 Å². The maximum absolute atomic E-state index is 9.22. The zero-order chi connectivity index (χ0) is 13.6. The molecule has 0 aliphatic heterocycles. The maximum Gasteiger partial charge on any atom is 0.150 e. The zero-order valence-electron chi connectivity index (χ0n) is 11.5. The van der Waals surface area contributed by atoms with E-state index < -0.39 is 5.54 Å². The highest BCUT2D eigenvalue weighted by molar-refractivity contribution is 8.00. The summed E-state index contributed by atoms with van der Waals surface area (Å²) < 4.78 is 1.13. The Hall–Kier alpha value is -0.570. The van der Waals surface area contributed by atoms with E-state index >= 15 is 0 Å². The molecule has 0 bridgehead atoms. The summed E-state index contributed by atoms with van der Waals surface area (Å²) in [5.41, 5.74) is 0.680. The summed E-state index contributed by atoms with van der Waals surface area (Å²) in [6, 6.07) is 2.72.